The lowest BCUT2D eigenvalue weighted by Gasteiger charge is -2.17. The maximum atomic E-state index is 6.20. The molecule has 1 unspecified atom stereocenters. The van der Waals surface area contributed by atoms with Gasteiger partial charge < -0.3 is 10.1 Å². The van der Waals surface area contributed by atoms with E-state index < -0.39 is 0 Å². The van der Waals surface area contributed by atoms with E-state index in [9.17, 15) is 0 Å². The summed E-state index contributed by atoms with van der Waals surface area (Å²) in [4.78, 5) is 0. The Labute approximate surface area is 119 Å². The molecule has 1 atom stereocenters. The summed E-state index contributed by atoms with van der Waals surface area (Å²) in [5, 5.41) is 4.21. The maximum absolute atomic E-state index is 6.20. The van der Waals surface area contributed by atoms with Crippen molar-refractivity contribution < 1.29 is 4.74 Å². The molecular formula is C16H18ClNO. The monoisotopic (exact) mass is 275 g/mol. The molecule has 0 heterocycles. The zero-order valence-corrected chi connectivity index (χ0v) is 11.9. The smallest absolute Gasteiger partial charge is 0.121 e. The minimum Gasteiger partial charge on any atom is -0.494 e. The van der Waals surface area contributed by atoms with Crippen LogP contribution in [0.25, 0.3) is 0 Å². The third-order valence-electron chi connectivity index (χ3n) is 2.90. The predicted octanol–water partition coefficient (Wildman–Crippen LogP) is 4.91. The summed E-state index contributed by atoms with van der Waals surface area (Å²) >= 11 is 6.20. The zero-order chi connectivity index (χ0) is 13.7. The van der Waals surface area contributed by atoms with E-state index in [1.165, 1.54) is 0 Å². The molecule has 0 aliphatic carbocycles. The molecule has 2 aromatic rings. The Balaban J connectivity index is 2.12. The molecule has 0 saturated carbocycles. The first-order valence-corrected chi connectivity index (χ1v) is 6.82. The van der Waals surface area contributed by atoms with Crippen LogP contribution in [0.4, 0.5) is 5.69 Å². The van der Waals surface area contributed by atoms with Crippen LogP contribution in [0.15, 0.2) is 48.5 Å². The third-order valence-corrected chi connectivity index (χ3v) is 3.24. The molecule has 0 aliphatic rings. The summed E-state index contributed by atoms with van der Waals surface area (Å²) < 4.78 is 5.49. The second kappa shape index (κ2) is 6.48. The van der Waals surface area contributed by atoms with Gasteiger partial charge in [0, 0.05) is 22.8 Å². The van der Waals surface area contributed by atoms with Crippen molar-refractivity contribution >= 4 is 17.3 Å². The highest BCUT2D eigenvalue weighted by molar-refractivity contribution is 6.31. The molecule has 0 fully saturated rings. The summed E-state index contributed by atoms with van der Waals surface area (Å²) in [6.45, 7) is 4.74. The van der Waals surface area contributed by atoms with Crippen LogP contribution in [0.3, 0.4) is 0 Å². The number of hydrogen-bond donors (Lipinski definition) is 1. The highest BCUT2D eigenvalue weighted by Crippen LogP contribution is 2.27. The molecule has 0 radical (unpaired) electrons. The van der Waals surface area contributed by atoms with Crippen molar-refractivity contribution in [2.45, 2.75) is 19.9 Å². The van der Waals surface area contributed by atoms with Crippen LogP contribution in [-0.2, 0) is 0 Å². The lowest BCUT2D eigenvalue weighted by molar-refractivity contribution is 0.340. The van der Waals surface area contributed by atoms with E-state index >= 15 is 0 Å². The number of ether oxygens (including phenoxy) is 1. The Morgan fingerprint density at radius 1 is 1.16 bits per heavy atom. The first-order chi connectivity index (χ1) is 9.20. The molecule has 0 spiro atoms. The summed E-state index contributed by atoms with van der Waals surface area (Å²) in [6, 6.07) is 16.0. The van der Waals surface area contributed by atoms with Crippen LogP contribution < -0.4 is 10.1 Å². The van der Waals surface area contributed by atoms with Crippen LogP contribution in [0.2, 0.25) is 5.02 Å². The highest BCUT2D eigenvalue weighted by atomic mass is 35.5. The van der Waals surface area contributed by atoms with Crippen molar-refractivity contribution in [2.75, 3.05) is 11.9 Å². The fraction of sp³-hybridized carbons (Fsp3) is 0.250. The van der Waals surface area contributed by atoms with Crippen LogP contribution in [-0.4, -0.2) is 6.61 Å². The predicted molar refractivity (Wildman–Crippen MR) is 81.1 cm³/mol. The van der Waals surface area contributed by atoms with E-state index in [-0.39, 0.29) is 6.04 Å². The zero-order valence-electron chi connectivity index (χ0n) is 11.2. The molecule has 3 heteroatoms. The van der Waals surface area contributed by atoms with E-state index in [0.717, 1.165) is 22.0 Å². The van der Waals surface area contributed by atoms with Crippen molar-refractivity contribution in [3.05, 3.63) is 59.1 Å². The third kappa shape index (κ3) is 3.65. The molecule has 100 valence electrons. The molecule has 1 N–H and O–H groups in total. The quantitative estimate of drug-likeness (QED) is 0.837. The molecule has 0 bridgehead atoms. The van der Waals surface area contributed by atoms with Gasteiger partial charge in [-0.1, -0.05) is 35.9 Å². The van der Waals surface area contributed by atoms with E-state index in [0.29, 0.717) is 6.61 Å². The molecular weight excluding hydrogens is 258 g/mol. The van der Waals surface area contributed by atoms with Crippen molar-refractivity contribution in [3.63, 3.8) is 0 Å². The second-order valence-corrected chi connectivity index (χ2v) is 4.76. The largest absolute Gasteiger partial charge is 0.494 e. The Morgan fingerprint density at radius 3 is 2.68 bits per heavy atom. The average Bonchev–Trinajstić information content (AvgIpc) is 2.40. The van der Waals surface area contributed by atoms with Crippen LogP contribution in [0.1, 0.15) is 25.5 Å². The lowest BCUT2D eigenvalue weighted by Crippen LogP contribution is -2.07. The highest BCUT2D eigenvalue weighted by Gasteiger charge is 2.09. The first kappa shape index (κ1) is 13.8. The minimum absolute atomic E-state index is 0.144. The molecule has 0 saturated heterocycles. The van der Waals surface area contributed by atoms with Gasteiger partial charge in [-0.05, 0) is 37.6 Å². The normalized spacial score (nSPS) is 11.9. The van der Waals surface area contributed by atoms with E-state index in [1.54, 1.807) is 0 Å². The van der Waals surface area contributed by atoms with Gasteiger partial charge in [0.15, 0.2) is 0 Å². The summed E-state index contributed by atoms with van der Waals surface area (Å²) in [5.41, 5.74) is 2.12. The SMILES string of the molecule is CCOc1cccc(NC(C)c2ccccc2Cl)c1. The van der Waals surface area contributed by atoms with Crippen LogP contribution >= 0.6 is 11.6 Å². The number of benzene rings is 2. The molecule has 0 aliphatic heterocycles. The summed E-state index contributed by atoms with van der Waals surface area (Å²) in [7, 11) is 0. The molecule has 0 aromatic heterocycles. The van der Waals surface area contributed by atoms with Crippen molar-refractivity contribution in [1.82, 2.24) is 0 Å². The second-order valence-electron chi connectivity index (χ2n) is 4.35. The van der Waals surface area contributed by atoms with Gasteiger partial charge in [-0.3, -0.25) is 0 Å². The van der Waals surface area contributed by atoms with Gasteiger partial charge in [0.05, 0.1) is 6.61 Å². The van der Waals surface area contributed by atoms with Gasteiger partial charge in [0.2, 0.25) is 0 Å². The van der Waals surface area contributed by atoms with Gasteiger partial charge in [-0.15, -0.1) is 0 Å². The number of hydrogen-bond acceptors (Lipinski definition) is 2. The van der Waals surface area contributed by atoms with Crippen LogP contribution in [0.5, 0.6) is 5.75 Å². The van der Waals surface area contributed by atoms with E-state index in [2.05, 4.69) is 12.2 Å². The van der Waals surface area contributed by atoms with E-state index in [4.69, 9.17) is 16.3 Å². The van der Waals surface area contributed by atoms with Crippen LogP contribution in [0, 0.1) is 0 Å². The van der Waals surface area contributed by atoms with Crippen molar-refractivity contribution in [2.24, 2.45) is 0 Å². The maximum Gasteiger partial charge on any atom is 0.121 e. The standard InChI is InChI=1S/C16H18ClNO/c1-3-19-14-8-6-7-13(11-14)18-12(2)15-9-4-5-10-16(15)17/h4-12,18H,3H2,1-2H3. The molecule has 2 nitrogen and oxygen atoms in total. The fourth-order valence-corrected chi connectivity index (χ4v) is 2.30. The van der Waals surface area contributed by atoms with E-state index in [1.807, 2.05) is 55.5 Å². The van der Waals surface area contributed by atoms with Gasteiger partial charge >= 0.3 is 0 Å². The Kier molecular flexibility index (Phi) is 4.69. The molecule has 2 aromatic carbocycles. The minimum atomic E-state index is 0.144. The Morgan fingerprint density at radius 2 is 1.95 bits per heavy atom. The van der Waals surface area contributed by atoms with Crippen molar-refractivity contribution in [1.29, 1.82) is 0 Å². The Bertz CT molecular complexity index is 542. The summed E-state index contributed by atoms with van der Waals surface area (Å²) in [6.07, 6.45) is 0. The van der Waals surface area contributed by atoms with Gasteiger partial charge in [-0.25, -0.2) is 0 Å². The molecule has 19 heavy (non-hydrogen) atoms. The van der Waals surface area contributed by atoms with Gasteiger partial charge in [0.25, 0.3) is 0 Å². The number of nitrogens with one attached hydrogen (secondary N) is 1. The first-order valence-electron chi connectivity index (χ1n) is 6.44. The Hall–Kier alpha value is -1.67. The number of anilines is 1. The number of halogens is 1. The van der Waals surface area contributed by atoms with Crippen molar-refractivity contribution in [3.8, 4) is 5.75 Å². The topological polar surface area (TPSA) is 21.3 Å². The van der Waals surface area contributed by atoms with Gasteiger partial charge in [0.1, 0.15) is 5.75 Å². The number of rotatable bonds is 5. The van der Waals surface area contributed by atoms with Gasteiger partial charge in [-0.2, -0.15) is 0 Å². The summed E-state index contributed by atoms with van der Waals surface area (Å²) in [5.74, 6) is 0.874. The fourth-order valence-electron chi connectivity index (χ4n) is 2.00. The molecule has 2 rings (SSSR count). The lowest BCUT2D eigenvalue weighted by atomic mass is 10.1. The molecule has 0 amide bonds. The average molecular weight is 276 g/mol.